The highest BCUT2D eigenvalue weighted by molar-refractivity contribution is 7.22. The van der Waals surface area contributed by atoms with Gasteiger partial charge < -0.3 is 19.7 Å². The average Bonchev–Trinajstić information content (AvgIpc) is 3.84. The summed E-state index contributed by atoms with van der Waals surface area (Å²) in [5.74, 6) is -5.44. The van der Waals surface area contributed by atoms with Gasteiger partial charge in [0.15, 0.2) is 0 Å². The Labute approximate surface area is 337 Å². The molecule has 4 aromatic rings. The highest BCUT2D eigenvalue weighted by Gasteiger charge is 2.68. The van der Waals surface area contributed by atoms with E-state index in [1.165, 1.54) is 40.8 Å². The van der Waals surface area contributed by atoms with E-state index in [-0.39, 0.29) is 54.9 Å². The van der Waals surface area contributed by atoms with Crippen molar-refractivity contribution in [3.63, 3.8) is 0 Å². The summed E-state index contributed by atoms with van der Waals surface area (Å²) in [6, 6.07) is 10.3. The molecule has 4 aliphatic rings. The molecule has 2 aromatic heterocycles. The number of unbranched alkanes of at least 4 members (excludes halogenated alkanes) is 2. The lowest BCUT2D eigenvalue weighted by molar-refractivity contribution is -0.141. The van der Waals surface area contributed by atoms with Gasteiger partial charge in [-0.15, -0.1) is 11.3 Å². The van der Waals surface area contributed by atoms with E-state index in [1.807, 2.05) is 31.2 Å². The number of carbonyl (C=O) groups is 5. The van der Waals surface area contributed by atoms with Gasteiger partial charge in [-0.1, -0.05) is 29.7 Å². The Morgan fingerprint density at radius 2 is 1.72 bits per heavy atom. The van der Waals surface area contributed by atoms with E-state index in [2.05, 4.69) is 0 Å². The second-order valence-corrected chi connectivity index (χ2v) is 17.2. The Morgan fingerprint density at radius 1 is 1.00 bits per heavy atom. The highest BCUT2D eigenvalue weighted by Crippen LogP contribution is 2.66. The summed E-state index contributed by atoms with van der Waals surface area (Å²) in [4.78, 5) is 72.9. The van der Waals surface area contributed by atoms with E-state index in [0.717, 1.165) is 26.1 Å². The molecule has 2 aliphatic heterocycles. The number of aliphatic carboxylic acids is 1. The van der Waals surface area contributed by atoms with Gasteiger partial charge in [0.2, 0.25) is 23.6 Å². The third-order valence-electron chi connectivity index (χ3n) is 12.7. The van der Waals surface area contributed by atoms with Gasteiger partial charge in [-0.05, 0) is 74.6 Å². The number of likely N-dealkylation sites (tertiary alicyclic amines) is 1. The van der Waals surface area contributed by atoms with Crippen LogP contribution in [0.5, 0.6) is 17.2 Å². The number of aromatic hydroxyl groups is 1. The van der Waals surface area contributed by atoms with Crippen LogP contribution in [0.15, 0.2) is 48.0 Å². The number of phenols is 1. The minimum absolute atomic E-state index is 0.0121. The van der Waals surface area contributed by atoms with E-state index < -0.39 is 52.8 Å². The number of aryl methyl sites for hydroxylation is 2. The number of aromatic nitrogens is 2. The molecule has 4 amide bonds. The Bertz CT molecular complexity index is 2390. The van der Waals surface area contributed by atoms with Crippen LogP contribution in [0.2, 0.25) is 5.02 Å². The predicted molar refractivity (Wildman–Crippen MR) is 212 cm³/mol. The van der Waals surface area contributed by atoms with Crippen LogP contribution in [-0.4, -0.2) is 75.3 Å². The number of amides is 4. The number of hydrogen-bond acceptors (Lipinski definition) is 10. The van der Waals surface area contributed by atoms with Crippen molar-refractivity contribution in [2.75, 3.05) is 25.7 Å². The summed E-state index contributed by atoms with van der Waals surface area (Å²) >= 11 is 7.87. The SMILES string of the molecule is COc1cc(O)cc(OC)c1C1C2=CCC3C(=O)N(CCCCCC(=O)O)C(=O)C3C2CC2C(=O)N(c3cc(-c4sc5ccc(Cl)cc5c4C)nn3C)C(=O)C21C. The van der Waals surface area contributed by atoms with Crippen molar-refractivity contribution < 1.29 is 43.7 Å². The van der Waals surface area contributed by atoms with Gasteiger partial charge in [0, 0.05) is 59.4 Å². The number of allylic oxidation sites excluding steroid dienone is 2. The number of rotatable bonds is 11. The molecule has 6 atom stereocenters. The maximum atomic E-state index is 15.3. The molecule has 2 aromatic carbocycles. The molecule has 0 radical (unpaired) electrons. The summed E-state index contributed by atoms with van der Waals surface area (Å²) < 4.78 is 14.2. The van der Waals surface area contributed by atoms with E-state index in [1.54, 1.807) is 31.4 Å². The first-order valence-corrected chi connectivity index (χ1v) is 20.2. The lowest BCUT2D eigenvalue weighted by atomic mass is 9.51. The molecule has 6 unspecified atom stereocenters. The summed E-state index contributed by atoms with van der Waals surface area (Å²) in [5.41, 5.74) is 1.37. The monoisotopic (exact) mass is 814 g/mol. The van der Waals surface area contributed by atoms with Crippen molar-refractivity contribution in [2.45, 2.75) is 58.3 Å². The molecule has 298 valence electrons. The third kappa shape index (κ3) is 5.93. The quantitative estimate of drug-likeness (QED) is 0.0927. The maximum absolute atomic E-state index is 15.3. The van der Waals surface area contributed by atoms with E-state index >= 15 is 4.79 Å². The van der Waals surface area contributed by atoms with Gasteiger partial charge in [-0.3, -0.25) is 33.6 Å². The number of hydrogen-bond donors (Lipinski definition) is 2. The average molecular weight is 815 g/mol. The van der Waals surface area contributed by atoms with E-state index in [4.69, 9.17) is 31.3 Å². The van der Waals surface area contributed by atoms with Crippen molar-refractivity contribution in [3.8, 4) is 27.8 Å². The van der Waals surface area contributed by atoms with Gasteiger partial charge in [0.05, 0.1) is 42.3 Å². The van der Waals surface area contributed by atoms with E-state index in [9.17, 15) is 24.3 Å². The molecule has 15 heteroatoms. The maximum Gasteiger partial charge on any atom is 0.303 e. The molecule has 4 heterocycles. The standard InChI is InChI=1S/C42H43ClN4O9S/c1-20-25-15-21(43)10-13-31(25)57-37(20)28-19-32(45(3)44-28)47-39(52)27-18-26-23(11-12-24-34(26)40(53)46(38(24)51)14-8-6-7-9-33(49)50)36(42(27,2)41(47)54)35-29(55-4)16-22(48)17-30(35)56-5/h10-11,13,15-17,19,24,26-27,34,36,48H,6-9,12,14,18H2,1-5H3,(H,49,50). The van der Waals surface area contributed by atoms with Crippen LogP contribution in [0.1, 0.15) is 62.5 Å². The van der Waals surface area contributed by atoms with Crippen molar-refractivity contribution in [1.29, 1.82) is 0 Å². The number of methoxy groups -OCH3 is 2. The minimum Gasteiger partial charge on any atom is -0.508 e. The van der Waals surface area contributed by atoms with Crippen LogP contribution in [0.3, 0.4) is 0 Å². The predicted octanol–water partition coefficient (Wildman–Crippen LogP) is 6.86. The zero-order chi connectivity index (χ0) is 40.7. The topological polar surface area (TPSA) is 169 Å². The molecule has 3 fully saturated rings. The number of carbonyl (C=O) groups excluding carboxylic acids is 4. The Kier molecular flexibility index (Phi) is 9.71. The van der Waals surface area contributed by atoms with Crippen LogP contribution in [-0.2, 0) is 31.0 Å². The molecule has 0 bridgehead atoms. The van der Waals surface area contributed by atoms with Crippen molar-refractivity contribution in [1.82, 2.24) is 14.7 Å². The van der Waals surface area contributed by atoms with Crippen LogP contribution < -0.4 is 14.4 Å². The normalized spacial score (nSPS) is 25.5. The first-order chi connectivity index (χ1) is 27.2. The number of anilines is 1. The van der Waals surface area contributed by atoms with Crippen LogP contribution >= 0.6 is 22.9 Å². The van der Waals surface area contributed by atoms with Crippen LogP contribution in [0, 0.1) is 36.0 Å². The number of ether oxygens (including phenoxy) is 2. The largest absolute Gasteiger partial charge is 0.508 e. The Hall–Kier alpha value is -5.21. The molecular formula is C42H43ClN4O9S. The molecule has 57 heavy (non-hydrogen) atoms. The summed E-state index contributed by atoms with van der Waals surface area (Å²) in [7, 11) is 4.59. The van der Waals surface area contributed by atoms with Crippen molar-refractivity contribution >= 4 is 68.4 Å². The number of imide groups is 2. The number of phenolic OH excluding ortho intramolecular Hbond substituents is 1. The summed E-state index contributed by atoms with van der Waals surface area (Å²) in [5, 5.41) is 26.1. The number of fused-ring (bicyclic) bond motifs is 5. The number of carboxylic acid groups (broad SMARTS) is 1. The fraction of sp³-hybridized carbons (Fsp3) is 0.429. The molecule has 8 rings (SSSR count). The lowest BCUT2D eigenvalue weighted by Gasteiger charge is -2.49. The second kappa shape index (κ2) is 14.3. The molecule has 2 aliphatic carbocycles. The van der Waals surface area contributed by atoms with Gasteiger partial charge >= 0.3 is 5.97 Å². The van der Waals surface area contributed by atoms with E-state index in [0.29, 0.717) is 41.4 Å². The fourth-order valence-electron chi connectivity index (χ4n) is 9.97. The third-order valence-corrected chi connectivity index (χ3v) is 14.2. The zero-order valence-corrected chi connectivity index (χ0v) is 33.8. The number of halogens is 1. The van der Waals surface area contributed by atoms with Crippen molar-refractivity contribution in [3.05, 3.63) is 64.2 Å². The minimum atomic E-state index is -1.41. The van der Waals surface area contributed by atoms with Gasteiger partial charge in [-0.2, -0.15) is 5.10 Å². The summed E-state index contributed by atoms with van der Waals surface area (Å²) in [6.07, 6.45) is 3.83. The Morgan fingerprint density at radius 3 is 2.40 bits per heavy atom. The van der Waals surface area contributed by atoms with Gasteiger partial charge in [0.25, 0.3) is 0 Å². The molecule has 0 spiro atoms. The van der Waals surface area contributed by atoms with Crippen LogP contribution in [0.25, 0.3) is 20.7 Å². The molecular weight excluding hydrogens is 772 g/mol. The van der Waals surface area contributed by atoms with Gasteiger partial charge in [-0.25, -0.2) is 4.90 Å². The summed E-state index contributed by atoms with van der Waals surface area (Å²) in [6.45, 7) is 3.94. The highest BCUT2D eigenvalue weighted by atomic mass is 35.5. The number of thiophene rings is 1. The van der Waals surface area contributed by atoms with Crippen molar-refractivity contribution in [2.24, 2.45) is 36.1 Å². The first kappa shape index (κ1) is 38.7. The second-order valence-electron chi connectivity index (χ2n) is 15.7. The molecule has 2 saturated heterocycles. The van der Waals surface area contributed by atoms with Crippen LogP contribution in [0.4, 0.5) is 5.82 Å². The lowest BCUT2D eigenvalue weighted by Crippen LogP contribution is -2.49. The fourth-order valence-corrected chi connectivity index (χ4v) is 11.3. The Balaban J connectivity index is 1.22. The molecule has 2 N–H and O–H groups in total. The van der Waals surface area contributed by atoms with Gasteiger partial charge in [0.1, 0.15) is 28.8 Å². The number of benzene rings is 2. The smallest absolute Gasteiger partial charge is 0.303 e. The first-order valence-electron chi connectivity index (χ1n) is 19.0. The zero-order valence-electron chi connectivity index (χ0n) is 32.2. The molecule has 13 nitrogen and oxygen atoms in total. The number of carboxylic acids is 1. The molecule has 1 saturated carbocycles. The number of nitrogens with zero attached hydrogens (tertiary/aromatic N) is 4.